The molecule has 0 atom stereocenters. The van der Waals surface area contributed by atoms with Crippen LogP contribution >= 0.6 is 11.8 Å². The number of carbonyl (C=O) groups excluding carboxylic acids is 1. The molecule has 0 saturated heterocycles. The van der Waals surface area contributed by atoms with Gasteiger partial charge in [0, 0.05) is 5.69 Å². The lowest BCUT2D eigenvalue weighted by Crippen LogP contribution is -2.15. The summed E-state index contributed by atoms with van der Waals surface area (Å²) in [5.41, 5.74) is 1.36. The Morgan fingerprint density at radius 1 is 1.13 bits per heavy atom. The van der Waals surface area contributed by atoms with Crippen LogP contribution in [0.2, 0.25) is 0 Å². The zero-order valence-corrected chi connectivity index (χ0v) is 17.6. The van der Waals surface area contributed by atoms with Crippen LogP contribution in [0.25, 0.3) is 16.7 Å². The summed E-state index contributed by atoms with van der Waals surface area (Å²) < 4.78 is 12.0. The molecular weight excluding hydrogens is 418 g/mol. The van der Waals surface area contributed by atoms with Crippen LogP contribution in [0.4, 0.5) is 5.69 Å². The number of H-pyrrole nitrogens is 1. The molecule has 1 amide bonds. The molecule has 0 fully saturated rings. The smallest absolute Gasteiger partial charge is 0.262 e. The zero-order valence-electron chi connectivity index (χ0n) is 16.8. The number of nitrogens with one attached hydrogen (secondary N) is 2. The number of aromatic nitrogens is 4. The summed E-state index contributed by atoms with van der Waals surface area (Å²) in [4.78, 5) is 32.0. The van der Waals surface area contributed by atoms with Gasteiger partial charge in [0.2, 0.25) is 5.91 Å². The Morgan fingerprint density at radius 2 is 1.90 bits per heavy atom. The number of fused-ring (bicyclic) bond motifs is 1. The van der Waals surface area contributed by atoms with E-state index < -0.39 is 0 Å². The van der Waals surface area contributed by atoms with Gasteiger partial charge in [0.05, 0.1) is 26.2 Å². The Balaban J connectivity index is 1.54. The molecule has 0 aliphatic carbocycles. The SMILES string of the molecule is COc1ccc(NC(=O)CSc2nc3c(cnn3-c3ccccc3OC)c(=O)[nH]2)cc1. The molecule has 0 radical (unpaired) electrons. The number of hydrogen-bond acceptors (Lipinski definition) is 7. The number of benzene rings is 2. The summed E-state index contributed by atoms with van der Waals surface area (Å²) in [6.07, 6.45) is 1.46. The number of aromatic amines is 1. The number of methoxy groups -OCH3 is 2. The van der Waals surface area contributed by atoms with Gasteiger partial charge in [0.15, 0.2) is 10.8 Å². The first kappa shape index (κ1) is 20.5. The highest BCUT2D eigenvalue weighted by atomic mass is 32.2. The number of carbonyl (C=O) groups is 1. The molecule has 4 aromatic rings. The van der Waals surface area contributed by atoms with Crippen molar-refractivity contribution in [3.05, 3.63) is 65.1 Å². The van der Waals surface area contributed by atoms with Crippen molar-refractivity contribution < 1.29 is 14.3 Å². The minimum absolute atomic E-state index is 0.0727. The van der Waals surface area contributed by atoms with Crippen molar-refractivity contribution in [3.63, 3.8) is 0 Å². The number of nitrogens with zero attached hydrogens (tertiary/aromatic N) is 3. The fourth-order valence-corrected chi connectivity index (χ4v) is 3.61. The van der Waals surface area contributed by atoms with Crippen LogP contribution in [-0.2, 0) is 4.79 Å². The maximum absolute atomic E-state index is 12.5. The monoisotopic (exact) mass is 437 g/mol. The molecule has 31 heavy (non-hydrogen) atoms. The standard InChI is InChI=1S/C21H19N5O4S/c1-29-14-9-7-13(8-10-14)23-18(27)12-31-21-24-19-15(20(28)25-21)11-22-26(19)16-5-3-4-6-17(16)30-2/h3-11H,12H2,1-2H3,(H,23,27)(H,24,25,28). The van der Waals surface area contributed by atoms with Crippen molar-refractivity contribution >= 4 is 34.4 Å². The number of rotatable bonds is 7. The summed E-state index contributed by atoms with van der Waals surface area (Å²) in [6, 6.07) is 14.3. The molecule has 0 unspecified atom stereocenters. The third-order valence-corrected chi connectivity index (χ3v) is 5.32. The number of thioether (sulfide) groups is 1. The van der Waals surface area contributed by atoms with Crippen LogP contribution in [0.3, 0.4) is 0 Å². The van der Waals surface area contributed by atoms with Crippen molar-refractivity contribution in [2.45, 2.75) is 5.16 Å². The van der Waals surface area contributed by atoms with Crippen LogP contribution in [0.1, 0.15) is 0 Å². The van der Waals surface area contributed by atoms with E-state index in [2.05, 4.69) is 20.4 Å². The van der Waals surface area contributed by atoms with E-state index in [1.54, 1.807) is 49.2 Å². The van der Waals surface area contributed by atoms with E-state index >= 15 is 0 Å². The zero-order chi connectivity index (χ0) is 21.8. The van der Waals surface area contributed by atoms with E-state index in [-0.39, 0.29) is 17.2 Å². The predicted octanol–water partition coefficient (Wildman–Crippen LogP) is 2.86. The van der Waals surface area contributed by atoms with E-state index in [9.17, 15) is 9.59 Å². The van der Waals surface area contributed by atoms with Crippen LogP contribution in [0.5, 0.6) is 11.5 Å². The number of amides is 1. The van der Waals surface area contributed by atoms with Gasteiger partial charge in [0.1, 0.15) is 22.6 Å². The lowest BCUT2D eigenvalue weighted by Gasteiger charge is -2.09. The Labute approximate surface area is 181 Å². The second-order valence-electron chi connectivity index (χ2n) is 6.40. The van der Waals surface area contributed by atoms with Gasteiger partial charge in [-0.25, -0.2) is 9.67 Å². The largest absolute Gasteiger partial charge is 0.497 e. The van der Waals surface area contributed by atoms with Crippen molar-refractivity contribution in [2.75, 3.05) is 25.3 Å². The summed E-state index contributed by atoms with van der Waals surface area (Å²) in [6.45, 7) is 0. The van der Waals surface area contributed by atoms with Gasteiger partial charge in [-0.3, -0.25) is 9.59 Å². The number of anilines is 1. The predicted molar refractivity (Wildman–Crippen MR) is 118 cm³/mol. The van der Waals surface area contributed by atoms with Gasteiger partial charge < -0.3 is 19.8 Å². The van der Waals surface area contributed by atoms with Gasteiger partial charge in [-0.15, -0.1) is 0 Å². The Hall–Kier alpha value is -3.79. The quantitative estimate of drug-likeness (QED) is 0.338. The lowest BCUT2D eigenvalue weighted by molar-refractivity contribution is -0.113. The van der Waals surface area contributed by atoms with Crippen LogP contribution in [0.15, 0.2) is 64.7 Å². The second kappa shape index (κ2) is 8.92. The van der Waals surface area contributed by atoms with Gasteiger partial charge in [-0.2, -0.15) is 5.10 Å². The summed E-state index contributed by atoms with van der Waals surface area (Å²) in [5, 5.41) is 7.75. The van der Waals surface area contributed by atoms with E-state index in [4.69, 9.17) is 9.47 Å². The maximum atomic E-state index is 12.5. The van der Waals surface area contributed by atoms with E-state index in [1.807, 2.05) is 18.2 Å². The topological polar surface area (TPSA) is 111 Å². The van der Waals surface area contributed by atoms with Gasteiger partial charge in [0.25, 0.3) is 5.56 Å². The van der Waals surface area contributed by atoms with Crippen molar-refractivity contribution in [2.24, 2.45) is 0 Å². The molecular formula is C21H19N5O4S. The minimum atomic E-state index is -0.329. The first-order chi connectivity index (χ1) is 15.1. The highest BCUT2D eigenvalue weighted by Crippen LogP contribution is 2.25. The van der Waals surface area contributed by atoms with Crippen molar-refractivity contribution in [3.8, 4) is 17.2 Å². The lowest BCUT2D eigenvalue weighted by atomic mass is 10.3. The highest BCUT2D eigenvalue weighted by molar-refractivity contribution is 7.99. The first-order valence-corrected chi connectivity index (χ1v) is 10.3. The maximum Gasteiger partial charge on any atom is 0.262 e. The molecule has 0 saturated carbocycles. The third-order valence-electron chi connectivity index (χ3n) is 4.44. The average molecular weight is 437 g/mol. The molecule has 0 aliphatic heterocycles. The Bertz CT molecular complexity index is 1280. The molecule has 9 nitrogen and oxygen atoms in total. The van der Waals surface area contributed by atoms with Gasteiger partial charge in [-0.05, 0) is 36.4 Å². The normalized spacial score (nSPS) is 10.8. The van der Waals surface area contributed by atoms with Crippen molar-refractivity contribution in [1.82, 2.24) is 19.7 Å². The molecule has 0 bridgehead atoms. The minimum Gasteiger partial charge on any atom is -0.497 e. The van der Waals surface area contributed by atoms with E-state index in [0.717, 1.165) is 11.8 Å². The molecule has 10 heteroatoms. The fraction of sp³-hybridized carbons (Fsp3) is 0.143. The summed E-state index contributed by atoms with van der Waals surface area (Å²) in [5.74, 6) is 1.15. The molecule has 2 heterocycles. The summed E-state index contributed by atoms with van der Waals surface area (Å²) in [7, 11) is 3.14. The van der Waals surface area contributed by atoms with Crippen molar-refractivity contribution in [1.29, 1.82) is 0 Å². The molecule has 2 aromatic carbocycles. The van der Waals surface area contributed by atoms with Crippen LogP contribution < -0.4 is 20.3 Å². The number of ether oxygens (including phenoxy) is 2. The number of para-hydroxylation sites is 2. The van der Waals surface area contributed by atoms with E-state index in [0.29, 0.717) is 39.1 Å². The second-order valence-corrected chi connectivity index (χ2v) is 7.37. The first-order valence-electron chi connectivity index (χ1n) is 9.27. The van der Waals surface area contributed by atoms with Crippen LogP contribution in [0, 0.1) is 0 Å². The summed E-state index contributed by atoms with van der Waals surface area (Å²) >= 11 is 1.13. The highest BCUT2D eigenvalue weighted by Gasteiger charge is 2.15. The van der Waals surface area contributed by atoms with Gasteiger partial charge in [-0.1, -0.05) is 23.9 Å². The fourth-order valence-electron chi connectivity index (χ4n) is 2.95. The number of hydrogen-bond donors (Lipinski definition) is 2. The van der Waals surface area contributed by atoms with E-state index in [1.165, 1.54) is 6.20 Å². The van der Waals surface area contributed by atoms with Gasteiger partial charge >= 0.3 is 0 Å². The molecule has 2 aromatic heterocycles. The molecule has 0 spiro atoms. The average Bonchev–Trinajstić information content (AvgIpc) is 3.22. The molecule has 2 N–H and O–H groups in total. The Kier molecular flexibility index (Phi) is 5.89. The Morgan fingerprint density at radius 3 is 2.65 bits per heavy atom. The molecule has 4 rings (SSSR count). The van der Waals surface area contributed by atoms with Crippen LogP contribution in [-0.4, -0.2) is 45.6 Å². The third kappa shape index (κ3) is 4.38. The molecule has 158 valence electrons. The molecule has 0 aliphatic rings.